The van der Waals surface area contributed by atoms with Crippen molar-refractivity contribution in [3.05, 3.63) is 70.4 Å². The van der Waals surface area contributed by atoms with Crippen LogP contribution in [0.5, 0.6) is 0 Å². The number of hydrogen-bond acceptors (Lipinski definition) is 2. The Balaban J connectivity index is 1.62. The summed E-state index contributed by atoms with van der Waals surface area (Å²) >= 11 is 6.00. The minimum absolute atomic E-state index is 0.274. The highest BCUT2D eigenvalue weighted by atomic mass is 35.5. The maximum absolute atomic E-state index is 12.8. The summed E-state index contributed by atoms with van der Waals surface area (Å²) in [6, 6.07) is 14.0. The van der Waals surface area contributed by atoms with Crippen molar-refractivity contribution in [2.45, 2.75) is 18.5 Å². The first-order valence-electron chi connectivity index (χ1n) is 8.57. The third kappa shape index (κ3) is 3.13. The summed E-state index contributed by atoms with van der Waals surface area (Å²) in [5, 5.41) is 13.9. The molecule has 0 radical (unpaired) electrons. The molecule has 138 valence electrons. The van der Waals surface area contributed by atoms with E-state index in [1.54, 1.807) is 18.2 Å². The summed E-state index contributed by atoms with van der Waals surface area (Å²) in [6.07, 6.45) is -0.452. The third-order valence-electron chi connectivity index (χ3n) is 5.06. The molecule has 3 N–H and O–H groups in total. The van der Waals surface area contributed by atoms with E-state index in [0.29, 0.717) is 17.1 Å². The molecule has 3 aromatic rings. The van der Waals surface area contributed by atoms with Crippen LogP contribution in [-0.2, 0) is 6.42 Å². The number of aromatic amines is 1. The Kier molecular flexibility index (Phi) is 4.28. The Hall–Kier alpha value is -2.99. The largest absolute Gasteiger partial charge is 0.465 e. The second kappa shape index (κ2) is 6.63. The van der Waals surface area contributed by atoms with E-state index in [9.17, 15) is 14.7 Å². The van der Waals surface area contributed by atoms with Crippen molar-refractivity contribution in [3.63, 3.8) is 0 Å². The average Bonchev–Trinajstić information content (AvgIpc) is 3.21. The Morgan fingerprint density at radius 3 is 2.78 bits per heavy atom. The average molecular weight is 384 g/mol. The summed E-state index contributed by atoms with van der Waals surface area (Å²) in [7, 11) is 1.53. The zero-order valence-electron chi connectivity index (χ0n) is 14.6. The minimum Gasteiger partial charge on any atom is -0.465 e. The van der Waals surface area contributed by atoms with Crippen molar-refractivity contribution < 1.29 is 14.7 Å². The molecule has 0 aliphatic heterocycles. The predicted octanol–water partition coefficient (Wildman–Crippen LogP) is 3.83. The van der Waals surface area contributed by atoms with Gasteiger partial charge in [0.15, 0.2) is 0 Å². The lowest BCUT2D eigenvalue weighted by Crippen LogP contribution is -2.44. The Bertz CT molecular complexity index is 1050. The molecule has 1 aromatic heterocycles. The highest BCUT2D eigenvalue weighted by Gasteiger charge is 2.38. The van der Waals surface area contributed by atoms with Crippen LogP contribution in [0.25, 0.3) is 10.9 Å². The maximum Gasteiger partial charge on any atom is 0.407 e. The minimum atomic E-state index is -1.03. The second-order valence-corrected chi connectivity index (χ2v) is 7.17. The number of halogens is 1. The van der Waals surface area contributed by atoms with Gasteiger partial charge in [-0.2, -0.15) is 0 Å². The number of aromatic nitrogens is 1. The van der Waals surface area contributed by atoms with Gasteiger partial charge in [-0.1, -0.05) is 35.9 Å². The Morgan fingerprint density at radius 1 is 1.22 bits per heavy atom. The fourth-order valence-electron chi connectivity index (χ4n) is 3.77. The van der Waals surface area contributed by atoms with Crippen molar-refractivity contribution in [1.29, 1.82) is 0 Å². The van der Waals surface area contributed by atoms with Gasteiger partial charge in [0, 0.05) is 23.0 Å². The zero-order valence-corrected chi connectivity index (χ0v) is 15.3. The number of H-pyrrole nitrogens is 1. The number of benzene rings is 2. The third-order valence-corrected chi connectivity index (χ3v) is 5.29. The number of carboxylic acid groups (broad SMARTS) is 1. The van der Waals surface area contributed by atoms with Crippen LogP contribution < -0.4 is 5.32 Å². The molecule has 0 saturated carbocycles. The van der Waals surface area contributed by atoms with Crippen LogP contribution in [0.3, 0.4) is 0 Å². The van der Waals surface area contributed by atoms with Crippen LogP contribution in [0.2, 0.25) is 5.02 Å². The van der Waals surface area contributed by atoms with Gasteiger partial charge in [0.2, 0.25) is 0 Å². The smallest absolute Gasteiger partial charge is 0.407 e. The molecule has 6 nitrogen and oxygen atoms in total. The van der Waals surface area contributed by atoms with Crippen LogP contribution in [0.1, 0.15) is 27.7 Å². The van der Waals surface area contributed by atoms with Crippen molar-refractivity contribution >= 4 is 34.5 Å². The van der Waals surface area contributed by atoms with Crippen LogP contribution >= 0.6 is 11.6 Å². The molecule has 1 aliphatic rings. The molecule has 0 bridgehead atoms. The van der Waals surface area contributed by atoms with E-state index in [0.717, 1.165) is 22.0 Å². The number of fused-ring (bicyclic) bond motifs is 2. The van der Waals surface area contributed by atoms with E-state index in [1.807, 2.05) is 30.3 Å². The Morgan fingerprint density at radius 2 is 2.00 bits per heavy atom. The van der Waals surface area contributed by atoms with Crippen LogP contribution in [0.4, 0.5) is 4.79 Å². The van der Waals surface area contributed by atoms with Crippen molar-refractivity contribution in [3.8, 4) is 0 Å². The molecule has 7 heteroatoms. The van der Waals surface area contributed by atoms with E-state index < -0.39 is 12.1 Å². The van der Waals surface area contributed by atoms with Gasteiger partial charge in [0.05, 0.1) is 12.1 Å². The molecule has 4 rings (SSSR count). The summed E-state index contributed by atoms with van der Waals surface area (Å²) in [5.74, 6) is -0.274. The van der Waals surface area contributed by atoms with Crippen molar-refractivity contribution in [2.75, 3.05) is 7.05 Å². The molecule has 1 heterocycles. The number of hydrogen-bond donors (Lipinski definition) is 3. The number of likely N-dealkylation sites (N-methyl/N-ethyl adjacent to an activating group) is 1. The van der Waals surface area contributed by atoms with E-state index in [1.165, 1.54) is 11.9 Å². The first-order chi connectivity index (χ1) is 12.9. The molecule has 2 atom stereocenters. The predicted molar refractivity (Wildman–Crippen MR) is 103 cm³/mol. The van der Waals surface area contributed by atoms with Crippen LogP contribution in [0, 0.1) is 0 Å². The van der Waals surface area contributed by atoms with Gasteiger partial charge in [-0.15, -0.1) is 0 Å². The van der Waals surface area contributed by atoms with Gasteiger partial charge in [-0.05, 0) is 41.8 Å². The summed E-state index contributed by atoms with van der Waals surface area (Å²) < 4.78 is 0. The number of carbonyl (C=O) groups excluding carboxylic acids is 1. The fourth-order valence-corrected chi connectivity index (χ4v) is 3.95. The molecule has 0 saturated heterocycles. The summed E-state index contributed by atoms with van der Waals surface area (Å²) in [5.41, 5.74) is 3.21. The first-order valence-corrected chi connectivity index (χ1v) is 8.94. The summed E-state index contributed by atoms with van der Waals surface area (Å²) in [6.45, 7) is 0. The lowest BCUT2D eigenvalue weighted by Gasteiger charge is -2.28. The molecular formula is C20H18ClN3O3. The molecule has 0 fully saturated rings. The van der Waals surface area contributed by atoms with Gasteiger partial charge in [-0.3, -0.25) is 4.79 Å². The Labute approximate surface area is 160 Å². The standard InChI is InChI=1S/C20H18ClN3O3/c1-24(20(26)27)18-14-5-3-2-4-11(14)9-16(18)23-19(25)17-10-12-8-13(21)6-7-15(12)22-17/h2-8,10,16,18,22H,9H2,1H3,(H,23,25)(H,26,27)/t16-,18-/m1/s1. The number of carbonyl (C=O) groups is 2. The summed E-state index contributed by atoms with van der Waals surface area (Å²) in [4.78, 5) is 28.7. The SMILES string of the molecule is CN(C(=O)O)[C@@H]1c2ccccc2C[C@H]1NC(=O)c1cc2cc(Cl)ccc2[nH]1. The first kappa shape index (κ1) is 17.4. The normalized spacial score (nSPS) is 18.3. The van der Waals surface area contributed by atoms with Crippen LogP contribution in [0.15, 0.2) is 48.5 Å². The van der Waals surface area contributed by atoms with Gasteiger partial charge < -0.3 is 20.3 Å². The number of amides is 2. The van der Waals surface area contributed by atoms with Crippen molar-refractivity contribution in [2.24, 2.45) is 0 Å². The lowest BCUT2D eigenvalue weighted by molar-refractivity contribution is 0.0890. The van der Waals surface area contributed by atoms with Gasteiger partial charge in [0.1, 0.15) is 5.69 Å². The van der Waals surface area contributed by atoms with Gasteiger partial charge >= 0.3 is 6.09 Å². The topological polar surface area (TPSA) is 85.4 Å². The highest BCUT2D eigenvalue weighted by Crippen LogP contribution is 2.35. The molecule has 0 spiro atoms. The van der Waals surface area contributed by atoms with E-state index in [2.05, 4.69) is 10.3 Å². The molecule has 1 aliphatic carbocycles. The number of nitrogens with one attached hydrogen (secondary N) is 2. The molecule has 0 unspecified atom stereocenters. The van der Waals surface area contributed by atoms with Gasteiger partial charge in [0.25, 0.3) is 5.91 Å². The molecule has 27 heavy (non-hydrogen) atoms. The molecular weight excluding hydrogens is 366 g/mol. The monoisotopic (exact) mass is 383 g/mol. The van der Waals surface area contributed by atoms with Gasteiger partial charge in [-0.25, -0.2) is 4.79 Å². The molecule has 2 amide bonds. The fraction of sp³-hybridized carbons (Fsp3) is 0.200. The van der Waals surface area contributed by atoms with Crippen molar-refractivity contribution in [1.82, 2.24) is 15.2 Å². The number of nitrogens with zero attached hydrogens (tertiary/aromatic N) is 1. The van der Waals surface area contributed by atoms with E-state index >= 15 is 0 Å². The van der Waals surface area contributed by atoms with Crippen LogP contribution in [-0.4, -0.2) is 40.1 Å². The highest BCUT2D eigenvalue weighted by molar-refractivity contribution is 6.31. The lowest BCUT2D eigenvalue weighted by atomic mass is 10.1. The number of rotatable bonds is 3. The van der Waals surface area contributed by atoms with E-state index in [4.69, 9.17) is 11.6 Å². The van der Waals surface area contributed by atoms with E-state index in [-0.39, 0.29) is 11.9 Å². The molecule has 2 aromatic carbocycles. The maximum atomic E-state index is 12.8. The quantitative estimate of drug-likeness (QED) is 0.642. The zero-order chi connectivity index (χ0) is 19.1. The second-order valence-electron chi connectivity index (χ2n) is 6.74.